The first kappa shape index (κ1) is 25.1. The number of carbonyl (C=O) groups excluding carboxylic acids is 2. The van der Waals surface area contributed by atoms with Crippen molar-refractivity contribution in [3.05, 3.63) is 29.4 Å². The van der Waals surface area contributed by atoms with E-state index in [1.165, 1.54) is 17.8 Å². The molecule has 2 aromatic heterocycles. The highest BCUT2D eigenvalue weighted by atomic mass is 32.1. The Hall–Kier alpha value is -1.99. The fraction of sp³-hybridized carbons (Fsp3) is 0.667. The summed E-state index contributed by atoms with van der Waals surface area (Å²) < 4.78 is 6.98. The Morgan fingerprint density at radius 1 is 1.15 bits per heavy atom. The molecule has 1 N–H and O–H groups in total. The predicted molar refractivity (Wildman–Crippen MR) is 137 cm³/mol. The van der Waals surface area contributed by atoms with E-state index < -0.39 is 0 Å². The van der Waals surface area contributed by atoms with Gasteiger partial charge in [0.25, 0.3) is 5.91 Å². The smallest absolute Gasteiger partial charge is 0.261 e. The van der Waals surface area contributed by atoms with Crippen LogP contribution in [0.2, 0.25) is 0 Å². The van der Waals surface area contributed by atoms with Crippen molar-refractivity contribution in [3.8, 4) is 0 Å². The van der Waals surface area contributed by atoms with Crippen molar-refractivity contribution in [2.24, 2.45) is 11.8 Å². The van der Waals surface area contributed by atoms with Crippen LogP contribution in [0.15, 0.2) is 24.5 Å². The zero-order chi connectivity index (χ0) is 23.9. The van der Waals surface area contributed by atoms with Gasteiger partial charge in [0.1, 0.15) is 0 Å². The van der Waals surface area contributed by atoms with Crippen LogP contribution in [0.4, 0.5) is 0 Å². The molecule has 0 radical (unpaired) electrons. The van der Waals surface area contributed by atoms with E-state index in [2.05, 4.69) is 29.0 Å². The highest BCUT2D eigenvalue weighted by molar-refractivity contribution is 7.20. The summed E-state index contributed by atoms with van der Waals surface area (Å²) >= 11 is 1.49. The third kappa shape index (κ3) is 6.79. The molecule has 3 heterocycles. The summed E-state index contributed by atoms with van der Waals surface area (Å²) in [7, 11) is 0. The van der Waals surface area contributed by atoms with Crippen LogP contribution in [0.1, 0.15) is 81.3 Å². The van der Waals surface area contributed by atoms with Crippen molar-refractivity contribution in [2.75, 3.05) is 19.6 Å². The average molecular weight is 486 g/mol. The number of likely N-dealkylation sites (tertiary alicyclic amines) is 1. The molecule has 1 aliphatic carbocycles. The Morgan fingerprint density at radius 3 is 2.62 bits per heavy atom. The van der Waals surface area contributed by atoms with Gasteiger partial charge in [0, 0.05) is 37.9 Å². The lowest BCUT2D eigenvalue weighted by Crippen LogP contribution is -2.43. The fourth-order valence-corrected chi connectivity index (χ4v) is 6.32. The number of aromatic nitrogens is 1. The molecule has 1 aliphatic heterocycles. The van der Waals surface area contributed by atoms with E-state index in [-0.39, 0.29) is 17.9 Å². The summed E-state index contributed by atoms with van der Waals surface area (Å²) in [5.41, 5.74) is 0. The van der Waals surface area contributed by atoms with Gasteiger partial charge in [0.05, 0.1) is 21.8 Å². The molecule has 2 amide bonds. The topological polar surface area (TPSA) is 71.5 Å². The maximum atomic E-state index is 13.0. The number of nitrogens with zero attached hydrogens (tertiary/aromatic N) is 2. The number of rotatable bonds is 9. The van der Waals surface area contributed by atoms with Crippen molar-refractivity contribution in [1.82, 2.24) is 15.2 Å². The van der Waals surface area contributed by atoms with E-state index in [0.717, 1.165) is 79.4 Å². The largest absolute Gasteiger partial charge is 0.376 e. The summed E-state index contributed by atoms with van der Waals surface area (Å²) in [6.07, 6.45) is 13.7. The normalized spacial score (nSPS) is 21.8. The number of ether oxygens (including phenoxy) is 1. The summed E-state index contributed by atoms with van der Waals surface area (Å²) in [4.78, 5) is 32.4. The molecule has 186 valence electrons. The Balaban J connectivity index is 1.08. The maximum absolute atomic E-state index is 13.0. The number of thiophene rings is 1. The molecular formula is C27H39N3O3S. The van der Waals surface area contributed by atoms with Gasteiger partial charge in [-0.05, 0) is 82.2 Å². The van der Waals surface area contributed by atoms with Gasteiger partial charge in [-0.25, -0.2) is 0 Å². The number of piperidine rings is 1. The van der Waals surface area contributed by atoms with Gasteiger partial charge in [-0.1, -0.05) is 12.8 Å². The Kier molecular flexibility index (Phi) is 8.95. The number of fused-ring (bicyclic) bond motifs is 1. The van der Waals surface area contributed by atoms with Crippen LogP contribution in [0.3, 0.4) is 0 Å². The number of hydrogen-bond donors (Lipinski definition) is 1. The molecule has 6 nitrogen and oxygen atoms in total. The molecule has 2 aromatic rings. The molecule has 7 heteroatoms. The molecule has 0 atom stereocenters. The quantitative estimate of drug-likeness (QED) is 0.482. The average Bonchev–Trinajstić information content (AvgIpc) is 3.28. The summed E-state index contributed by atoms with van der Waals surface area (Å²) in [5.74, 6) is 1.29. The molecule has 4 rings (SSSR count). The lowest BCUT2D eigenvalue weighted by Gasteiger charge is -2.36. The number of pyridine rings is 1. The summed E-state index contributed by atoms with van der Waals surface area (Å²) in [5, 5.41) is 4.13. The van der Waals surface area contributed by atoms with Gasteiger partial charge >= 0.3 is 0 Å². The van der Waals surface area contributed by atoms with E-state index in [4.69, 9.17) is 4.74 Å². The van der Waals surface area contributed by atoms with Crippen LogP contribution >= 0.6 is 11.3 Å². The van der Waals surface area contributed by atoms with Gasteiger partial charge in [0.2, 0.25) is 5.91 Å². The molecule has 0 bridgehead atoms. The van der Waals surface area contributed by atoms with E-state index in [9.17, 15) is 9.59 Å². The minimum atomic E-state index is 0.0119. The van der Waals surface area contributed by atoms with E-state index in [0.29, 0.717) is 24.5 Å². The number of carbonyl (C=O) groups is 2. The fourth-order valence-electron chi connectivity index (χ4n) is 5.37. The maximum Gasteiger partial charge on any atom is 0.261 e. The van der Waals surface area contributed by atoms with Gasteiger partial charge in [-0.15, -0.1) is 11.3 Å². The first-order valence-electron chi connectivity index (χ1n) is 13.1. The summed E-state index contributed by atoms with van der Waals surface area (Å²) in [6.45, 7) is 6.70. The highest BCUT2D eigenvalue weighted by Crippen LogP contribution is 2.31. The second kappa shape index (κ2) is 12.1. The third-order valence-electron chi connectivity index (χ3n) is 7.29. The van der Waals surface area contributed by atoms with E-state index in [1.54, 1.807) is 6.20 Å². The van der Waals surface area contributed by atoms with Gasteiger partial charge in [0.15, 0.2) is 0 Å². The van der Waals surface area contributed by atoms with Crippen molar-refractivity contribution in [2.45, 2.75) is 83.8 Å². The molecule has 0 unspecified atom stereocenters. The zero-order valence-electron chi connectivity index (χ0n) is 20.6. The van der Waals surface area contributed by atoms with Crippen molar-refractivity contribution in [3.63, 3.8) is 0 Å². The third-order valence-corrected chi connectivity index (χ3v) is 8.37. The van der Waals surface area contributed by atoms with Crippen molar-refractivity contribution < 1.29 is 14.3 Å². The number of amides is 2. The number of nitrogens with one attached hydrogen (secondary N) is 1. The molecule has 1 saturated carbocycles. The predicted octanol–water partition coefficient (Wildman–Crippen LogP) is 5.42. The van der Waals surface area contributed by atoms with Crippen LogP contribution in [-0.4, -0.2) is 53.5 Å². The lowest BCUT2D eigenvalue weighted by atomic mass is 9.85. The van der Waals surface area contributed by atoms with Crippen LogP contribution < -0.4 is 5.32 Å². The minimum Gasteiger partial charge on any atom is -0.376 e. The first-order chi connectivity index (χ1) is 16.5. The molecule has 2 fully saturated rings. The lowest BCUT2D eigenvalue weighted by molar-refractivity contribution is -0.139. The minimum absolute atomic E-state index is 0.0119. The SMILES string of the molecule is CC(C)OC1CCC(C(=O)N2CCC(CCCCNC(=O)c3cc4ccncc4s3)CC2)CC1. The first-order valence-corrected chi connectivity index (χ1v) is 13.9. The second-order valence-corrected chi connectivity index (χ2v) is 11.3. The zero-order valence-corrected chi connectivity index (χ0v) is 21.4. The summed E-state index contributed by atoms with van der Waals surface area (Å²) in [6, 6.07) is 3.88. The Labute approximate surface area is 207 Å². The van der Waals surface area contributed by atoms with E-state index in [1.807, 2.05) is 18.3 Å². The molecule has 0 spiro atoms. The van der Waals surface area contributed by atoms with Gasteiger partial charge in [-0.3, -0.25) is 14.6 Å². The molecule has 1 saturated heterocycles. The Bertz CT molecular complexity index is 910. The monoisotopic (exact) mass is 485 g/mol. The number of hydrogen-bond acceptors (Lipinski definition) is 5. The molecule has 0 aromatic carbocycles. The van der Waals surface area contributed by atoms with Gasteiger partial charge < -0.3 is 15.0 Å². The van der Waals surface area contributed by atoms with Crippen LogP contribution in [-0.2, 0) is 9.53 Å². The Morgan fingerprint density at radius 2 is 1.91 bits per heavy atom. The van der Waals surface area contributed by atoms with Gasteiger partial charge in [-0.2, -0.15) is 0 Å². The highest BCUT2D eigenvalue weighted by Gasteiger charge is 2.31. The van der Waals surface area contributed by atoms with Crippen LogP contribution in [0.5, 0.6) is 0 Å². The molecular weight excluding hydrogens is 446 g/mol. The van der Waals surface area contributed by atoms with Crippen molar-refractivity contribution >= 4 is 33.2 Å². The van der Waals surface area contributed by atoms with E-state index >= 15 is 0 Å². The molecule has 34 heavy (non-hydrogen) atoms. The standard InChI is InChI=1S/C27H39N3O3S/c1-19(2)33-23-8-6-21(7-9-23)27(32)30-15-11-20(12-16-30)5-3-4-13-29-26(31)24-17-22-10-14-28-18-25(22)34-24/h10,14,17-21,23H,3-9,11-13,15-16H2,1-2H3,(H,29,31). The number of unbranched alkanes of at least 4 members (excludes halogenated alkanes) is 1. The van der Waals surface area contributed by atoms with Crippen molar-refractivity contribution in [1.29, 1.82) is 0 Å². The van der Waals surface area contributed by atoms with Crippen LogP contribution in [0.25, 0.3) is 10.1 Å². The second-order valence-electron chi connectivity index (χ2n) is 10.2. The molecule has 2 aliphatic rings. The van der Waals surface area contributed by atoms with Crippen LogP contribution in [0, 0.1) is 11.8 Å².